The summed E-state index contributed by atoms with van der Waals surface area (Å²) in [6.45, 7) is 8.10. The topological polar surface area (TPSA) is 37.6 Å². The van der Waals surface area contributed by atoms with Gasteiger partial charge in [-0.2, -0.15) is 0 Å². The number of nitrogens with one attached hydrogen (secondary N) is 1. The van der Waals surface area contributed by atoms with Crippen LogP contribution in [0.5, 0.6) is 0 Å². The van der Waals surface area contributed by atoms with Gasteiger partial charge in [-0.1, -0.05) is 6.92 Å². The predicted molar refractivity (Wildman–Crippen MR) is 76.0 cm³/mol. The Bertz CT molecular complexity index is 363. The van der Waals surface area contributed by atoms with Crippen LogP contribution in [0.3, 0.4) is 0 Å². The maximum Gasteiger partial charge on any atom is 0.122 e. The minimum Gasteiger partial charge on any atom is -0.468 e. The Labute approximate surface area is 116 Å². The number of furan rings is 1. The van der Waals surface area contributed by atoms with Crippen molar-refractivity contribution in [1.29, 1.82) is 0 Å². The van der Waals surface area contributed by atoms with E-state index < -0.39 is 0 Å². The summed E-state index contributed by atoms with van der Waals surface area (Å²) in [6, 6.07) is 2.08. The normalized spacial score (nSPS) is 20.8. The van der Waals surface area contributed by atoms with Gasteiger partial charge in [-0.05, 0) is 37.9 Å². The molecule has 0 spiro atoms. The fourth-order valence-electron chi connectivity index (χ4n) is 2.79. The number of likely N-dealkylation sites (tertiary alicyclic amines) is 1. The Balaban J connectivity index is 1.87. The summed E-state index contributed by atoms with van der Waals surface area (Å²) in [5, 5.41) is 3.36. The summed E-state index contributed by atoms with van der Waals surface area (Å²) in [6.07, 6.45) is 4.35. The van der Waals surface area contributed by atoms with Gasteiger partial charge in [-0.25, -0.2) is 0 Å². The van der Waals surface area contributed by atoms with Gasteiger partial charge in [0.25, 0.3) is 0 Å². The van der Waals surface area contributed by atoms with Crippen molar-refractivity contribution >= 4 is 0 Å². The fourth-order valence-corrected chi connectivity index (χ4v) is 2.79. The number of ether oxygens (including phenoxy) is 1. The van der Waals surface area contributed by atoms with E-state index in [0.717, 1.165) is 38.5 Å². The number of nitrogens with zero attached hydrogens (tertiary/aromatic N) is 1. The Hall–Kier alpha value is -0.840. The van der Waals surface area contributed by atoms with E-state index in [1.807, 2.05) is 0 Å². The van der Waals surface area contributed by atoms with Gasteiger partial charge in [0.2, 0.25) is 0 Å². The molecule has 0 aliphatic carbocycles. The first-order valence-corrected chi connectivity index (χ1v) is 7.30. The van der Waals surface area contributed by atoms with Gasteiger partial charge < -0.3 is 14.5 Å². The highest BCUT2D eigenvalue weighted by atomic mass is 16.5. The summed E-state index contributed by atoms with van der Waals surface area (Å²) >= 11 is 0. The van der Waals surface area contributed by atoms with Crippen LogP contribution >= 0.6 is 0 Å². The average Bonchev–Trinajstić information content (AvgIpc) is 2.84. The lowest BCUT2D eigenvalue weighted by molar-refractivity contribution is 0.0838. The van der Waals surface area contributed by atoms with Crippen LogP contribution in [-0.2, 0) is 17.8 Å². The number of piperidine rings is 1. The summed E-state index contributed by atoms with van der Waals surface area (Å²) in [5.74, 6) is 1.78. The van der Waals surface area contributed by atoms with E-state index in [4.69, 9.17) is 9.15 Å². The summed E-state index contributed by atoms with van der Waals surface area (Å²) < 4.78 is 10.9. The van der Waals surface area contributed by atoms with Gasteiger partial charge in [0.05, 0.1) is 19.4 Å². The zero-order valence-corrected chi connectivity index (χ0v) is 12.2. The van der Waals surface area contributed by atoms with Crippen molar-refractivity contribution in [2.24, 2.45) is 5.92 Å². The molecular formula is C15H26N2O2. The van der Waals surface area contributed by atoms with Crippen molar-refractivity contribution in [3.05, 3.63) is 23.7 Å². The number of hydrogen-bond acceptors (Lipinski definition) is 4. The van der Waals surface area contributed by atoms with E-state index >= 15 is 0 Å². The number of hydrogen-bond donors (Lipinski definition) is 1. The molecule has 1 aliphatic rings. The minimum atomic E-state index is 0.672. The van der Waals surface area contributed by atoms with Crippen molar-refractivity contribution in [3.8, 4) is 0 Å². The summed E-state index contributed by atoms with van der Waals surface area (Å²) in [5.41, 5.74) is 1.29. The van der Waals surface area contributed by atoms with Gasteiger partial charge in [0.1, 0.15) is 5.76 Å². The number of rotatable bonds is 7. The molecule has 0 amide bonds. The molecule has 2 heterocycles. The van der Waals surface area contributed by atoms with Crippen LogP contribution in [-0.4, -0.2) is 38.3 Å². The summed E-state index contributed by atoms with van der Waals surface area (Å²) in [7, 11) is 1.79. The van der Waals surface area contributed by atoms with Crippen LogP contribution in [0.1, 0.15) is 31.1 Å². The zero-order valence-electron chi connectivity index (χ0n) is 12.2. The van der Waals surface area contributed by atoms with Crippen molar-refractivity contribution in [3.63, 3.8) is 0 Å². The highest BCUT2D eigenvalue weighted by Crippen LogP contribution is 2.20. The molecule has 1 aliphatic heterocycles. The lowest BCUT2D eigenvalue weighted by atomic mass is 9.99. The van der Waals surface area contributed by atoms with Gasteiger partial charge in [-0.3, -0.25) is 4.90 Å². The third-order valence-corrected chi connectivity index (χ3v) is 3.78. The van der Waals surface area contributed by atoms with E-state index in [2.05, 4.69) is 23.2 Å². The van der Waals surface area contributed by atoms with Crippen LogP contribution in [0.2, 0.25) is 0 Å². The Morgan fingerprint density at radius 1 is 1.53 bits per heavy atom. The Morgan fingerprint density at radius 3 is 3.21 bits per heavy atom. The molecule has 2 rings (SSSR count). The lowest BCUT2D eigenvalue weighted by Crippen LogP contribution is -2.36. The molecule has 1 unspecified atom stereocenters. The zero-order chi connectivity index (χ0) is 13.5. The minimum absolute atomic E-state index is 0.672. The fraction of sp³-hybridized carbons (Fsp3) is 0.733. The summed E-state index contributed by atoms with van der Waals surface area (Å²) in [4.78, 5) is 2.49. The third-order valence-electron chi connectivity index (χ3n) is 3.78. The van der Waals surface area contributed by atoms with Gasteiger partial charge in [-0.15, -0.1) is 0 Å². The van der Waals surface area contributed by atoms with Crippen LogP contribution in [0.4, 0.5) is 0 Å². The van der Waals surface area contributed by atoms with Crippen molar-refractivity contribution in [1.82, 2.24) is 10.2 Å². The molecule has 0 radical (unpaired) electrons. The largest absolute Gasteiger partial charge is 0.468 e. The molecule has 0 saturated carbocycles. The quantitative estimate of drug-likeness (QED) is 0.821. The second-order valence-electron chi connectivity index (χ2n) is 5.35. The second kappa shape index (κ2) is 7.68. The highest BCUT2D eigenvalue weighted by molar-refractivity contribution is 5.16. The third kappa shape index (κ3) is 4.34. The van der Waals surface area contributed by atoms with Crippen LogP contribution in [0.15, 0.2) is 16.7 Å². The van der Waals surface area contributed by atoms with Gasteiger partial charge in [0.15, 0.2) is 0 Å². The van der Waals surface area contributed by atoms with Gasteiger partial charge in [0, 0.05) is 25.8 Å². The number of methoxy groups -OCH3 is 1. The average molecular weight is 266 g/mol. The lowest BCUT2D eigenvalue weighted by Gasteiger charge is -2.31. The maximum atomic E-state index is 5.65. The van der Waals surface area contributed by atoms with Crippen molar-refractivity contribution in [2.75, 3.05) is 33.4 Å². The molecular weight excluding hydrogens is 240 g/mol. The first-order chi connectivity index (χ1) is 9.33. The second-order valence-corrected chi connectivity index (χ2v) is 5.35. The molecule has 1 aromatic heterocycles. The van der Waals surface area contributed by atoms with Crippen molar-refractivity contribution in [2.45, 2.75) is 32.9 Å². The molecule has 108 valence electrons. The van der Waals surface area contributed by atoms with E-state index in [1.165, 1.54) is 24.9 Å². The molecule has 19 heavy (non-hydrogen) atoms. The Kier molecular flexibility index (Phi) is 5.89. The van der Waals surface area contributed by atoms with Crippen LogP contribution < -0.4 is 5.32 Å². The first kappa shape index (κ1) is 14.6. The highest BCUT2D eigenvalue weighted by Gasteiger charge is 2.21. The van der Waals surface area contributed by atoms with Crippen molar-refractivity contribution < 1.29 is 9.15 Å². The Morgan fingerprint density at radius 2 is 2.42 bits per heavy atom. The maximum absolute atomic E-state index is 5.65. The molecule has 1 atom stereocenters. The molecule has 4 heteroatoms. The molecule has 4 nitrogen and oxygen atoms in total. The smallest absolute Gasteiger partial charge is 0.122 e. The molecule has 1 fully saturated rings. The SMILES string of the molecule is CCNCc1ccoc1CN1CCCC(COC)C1. The standard InChI is InChI=1S/C15H26N2O2/c1-3-16-9-14-6-8-19-15(14)11-17-7-4-5-13(10-17)12-18-2/h6,8,13,16H,3-5,7,9-12H2,1-2H3. The van der Waals surface area contributed by atoms with E-state index in [9.17, 15) is 0 Å². The molecule has 1 saturated heterocycles. The predicted octanol–water partition coefficient (Wildman–Crippen LogP) is 2.25. The monoisotopic (exact) mass is 266 g/mol. The van der Waals surface area contributed by atoms with Gasteiger partial charge >= 0.3 is 0 Å². The van der Waals surface area contributed by atoms with Crippen LogP contribution in [0.25, 0.3) is 0 Å². The van der Waals surface area contributed by atoms with Crippen LogP contribution in [0, 0.1) is 5.92 Å². The molecule has 0 bridgehead atoms. The van der Waals surface area contributed by atoms with E-state index in [0.29, 0.717) is 5.92 Å². The molecule has 1 aromatic rings. The molecule has 1 N–H and O–H groups in total. The van der Waals surface area contributed by atoms with E-state index in [1.54, 1.807) is 13.4 Å². The first-order valence-electron chi connectivity index (χ1n) is 7.30. The van der Waals surface area contributed by atoms with E-state index in [-0.39, 0.29) is 0 Å². The molecule has 0 aromatic carbocycles.